The first-order valence-electron chi connectivity index (χ1n) is 8.12. The normalized spacial score (nSPS) is 10.7. The first-order chi connectivity index (χ1) is 12.2. The lowest BCUT2D eigenvalue weighted by molar-refractivity contribution is 0.875. The quantitative estimate of drug-likeness (QED) is 0.621. The zero-order chi connectivity index (χ0) is 17.6. The predicted molar refractivity (Wildman–Crippen MR) is 106 cm³/mol. The molecule has 0 fully saturated rings. The van der Waals surface area contributed by atoms with Crippen LogP contribution in [0, 0.1) is 0 Å². The van der Waals surface area contributed by atoms with Crippen LogP contribution in [0.15, 0.2) is 59.8 Å². The summed E-state index contributed by atoms with van der Waals surface area (Å²) in [6.45, 7) is 4.13. The zero-order valence-corrected chi connectivity index (χ0v) is 15.3. The highest BCUT2D eigenvalue weighted by Crippen LogP contribution is 2.29. The molecule has 3 rings (SSSR count). The van der Waals surface area contributed by atoms with Crippen molar-refractivity contribution in [2.45, 2.75) is 24.8 Å². The number of nitrogens with zero attached hydrogens (tertiary/aromatic N) is 3. The van der Waals surface area contributed by atoms with Crippen LogP contribution in [0.2, 0.25) is 0 Å². The second kappa shape index (κ2) is 7.98. The monoisotopic (exact) mass is 351 g/mol. The van der Waals surface area contributed by atoms with E-state index < -0.39 is 0 Å². The highest BCUT2D eigenvalue weighted by molar-refractivity contribution is 7.98. The van der Waals surface area contributed by atoms with Crippen LogP contribution in [0.5, 0.6) is 0 Å². The molecule has 0 bridgehead atoms. The SMILES string of the molecule is CSc1ccccc1Nc1cc(-c2cccnc2)nc(NC(C)C)n1. The van der Waals surface area contributed by atoms with Gasteiger partial charge >= 0.3 is 0 Å². The van der Waals surface area contributed by atoms with Gasteiger partial charge in [-0.2, -0.15) is 4.98 Å². The van der Waals surface area contributed by atoms with E-state index in [1.807, 2.05) is 36.4 Å². The van der Waals surface area contributed by atoms with Gasteiger partial charge in [0.05, 0.1) is 11.4 Å². The maximum absolute atomic E-state index is 4.62. The van der Waals surface area contributed by atoms with Gasteiger partial charge in [-0.3, -0.25) is 4.98 Å². The number of anilines is 3. The largest absolute Gasteiger partial charge is 0.352 e. The lowest BCUT2D eigenvalue weighted by Crippen LogP contribution is -2.13. The Morgan fingerprint density at radius 2 is 1.88 bits per heavy atom. The van der Waals surface area contributed by atoms with E-state index in [-0.39, 0.29) is 6.04 Å². The summed E-state index contributed by atoms with van der Waals surface area (Å²) >= 11 is 1.70. The molecular formula is C19H21N5S. The molecule has 0 saturated carbocycles. The number of rotatable bonds is 6. The second-order valence-corrected chi connectivity index (χ2v) is 6.68. The van der Waals surface area contributed by atoms with Gasteiger partial charge in [0.25, 0.3) is 0 Å². The molecule has 2 N–H and O–H groups in total. The molecule has 0 aliphatic rings. The molecule has 6 heteroatoms. The van der Waals surface area contributed by atoms with Crippen molar-refractivity contribution in [3.8, 4) is 11.3 Å². The van der Waals surface area contributed by atoms with Crippen LogP contribution in [-0.2, 0) is 0 Å². The van der Waals surface area contributed by atoms with Crippen LogP contribution in [0.3, 0.4) is 0 Å². The fraction of sp³-hybridized carbons (Fsp3) is 0.211. The standard InChI is InChI=1S/C19H21N5S/c1-13(2)21-19-23-16(14-7-6-10-20-12-14)11-18(24-19)22-15-8-4-5-9-17(15)25-3/h4-13H,1-3H3,(H2,21,22,23,24). The van der Waals surface area contributed by atoms with Gasteiger partial charge in [-0.15, -0.1) is 11.8 Å². The lowest BCUT2D eigenvalue weighted by atomic mass is 10.2. The first-order valence-corrected chi connectivity index (χ1v) is 9.34. The van der Waals surface area contributed by atoms with Crippen LogP contribution >= 0.6 is 11.8 Å². The average molecular weight is 351 g/mol. The van der Waals surface area contributed by atoms with Crippen LogP contribution < -0.4 is 10.6 Å². The summed E-state index contributed by atoms with van der Waals surface area (Å²) in [5.41, 5.74) is 2.81. The van der Waals surface area contributed by atoms with Crippen molar-refractivity contribution >= 4 is 29.2 Å². The molecule has 1 aromatic carbocycles. The number of hydrogen-bond donors (Lipinski definition) is 2. The molecule has 0 aliphatic heterocycles. The zero-order valence-electron chi connectivity index (χ0n) is 14.5. The molecule has 0 atom stereocenters. The summed E-state index contributed by atoms with van der Waals surface area (Å²) in [6, 6.07) is 14.3. The summed E-state index contributed by atoms with van der Waals surface area (Å²) in [6.07, 6.45) is 5.63. The van der Waals surface area contributed by atoms with Gasteiger partial charge in [-0.05, 0) is 44.4 Å². The molecule has 0 aliphatic carbocycles. The number of aromatic nitrogens is 3. The number of hydrogen-bond acceptors (Lipinski definition) is 6. The van der Waals surface area contributed by atoms with Crippen molar-refractivity contribution in [3.05, 3.63) is 54.9 Å². The number of pyridine rings is 1. The van der Waals surface area contributed by atoms with E-state index in [4.69, 9.17) is 0 Å². The van der Waals surface area contributed by atoms with Gasteiger partial charge in [0.1, 0.15) is 5.82 Å². The number of nitrogens with one attached hydrogen (secondary N) is 2. The third-order valence-corrected chi connectivity index (χ3v) is 4.27. The van der Waals surface area contributed by atoms with Crippen molar-refractivity contribution in [2.24, 2.45) is 0 Å². The number of benzene rings is 1. The highest BCUT2D eigenvalue weighted by atomic mass is 32.2. The van der Waals surface area contributed by atoms with E-state index >= 15 is 0 Å². The molecule has 128 valence electrons. The fourth-order valence-electron chi connectivity index (χ4n) is 2.38. The Balaban J connectivity index is 2.00. The van der Waals surface area contributed by atoms with Gasteiger partial charge in [0, 0.05) is 35.0 Å². The third kappa shape index (κ3) is 4.48. The molecule has 0 unspecified atom stereocenters. The summed E-state index contributed by atoms with van der Waals surface area (Å²) in [7, 11) is 0. The van der Waals surface area contributed by atoms with Crippen molar-refractivity contribution in [1.29, 1.82) is 0 Å². The Labute approximate surface area is 152 Å². The topological polar surface area (TPSA) is 62.7 Å². The summed E-state index contributed by atoms with van der Waals surface area (Å²) in [5.74, 6) is 1.35. The molecule has 3 aromatic rings. The Bertz CT molecular complexity index is 836. The minimum Gasteiger partial charge on any atom is -0.352 e. The van der Waals surface area contributed by atoms with Gasteiger partial charge in [-0.25, -0.2) is 4.98 Å². The Hall–Kier alpha value is -2.60. The van der Waals surface area contributed by atoms with E-state index in [0.717, 1.165) is 22.8 Å². The van der Waals surface area contributed by atoms with Gasteiger partial charge in [-0.1, -0.05) is 12.1 Å². The molecule has 25 heavy (non-hydrogen) atoms. The number of para-hydroxylation sites is 1. The molecule has 0 amide bonds. The summed E-state index contributed by atoms with van der Waals surface area (Å²) in [5, 5.41) is 6.70. The van der Waals surface area contributed by atoms with Crippen LogP contribution in [0.4, 0.5) is 17.5 Å². The van der Waals surface area contributed by atoms with Gasteiger partial charge < -0.3 is 10.6 Å². The molecule has 0 saturated heterocycles. The molecular weight excluding hydrogens is 330 g/mol. The van der Waals surface area contributed by atoms with Crippen molar-refractivity contribution in [2.75, 3.05) is 16.9 Å². The van der Waals surface area contributed by atoms with E-state index in [1.54, 1.807) is 24.2 Å². The maximum Gasteiger partial charge on any atom is 0.225 e. The Morgan fingerprint density at radius 1 is 1.04 bits per heavy atom. The molecule has 2 aromatic heterocycles. The minimum absolute atomic E-state index is 0.246. The lowest BCUT2D eigenvalue weighted by Gasteiger charge is -2.14. The summed E-state index contributed by atoms with van der Waals surface area (Å²) < 4.78 is 0. The average Bonchev–Trinajstić information content (AvgIpc) is 2.62. The van der Waals surface area contributed by atoms with Gasteiger partial charge in [0.2, 0.25) is 5.95 Å². The molecule has 2 heterocycles. The van der Waals surface area contributed by atoms with E-state index in [0.29, 0.717) is 5.95 Å². The molecule has 5 nitrogen and oxygen atoms in total. The Morgan fingerprint density at radius 3 is 2.60 bits per heavy atom. The van der Waals surface area contributed by atoms with Crippen molar-refractivity contribution in [1.82, 2.24) is 15.0 Å². The minimum atomic E-state index is 0.246. The van der Waals surface area contributed by atoms with E-state index in [2.05, 4.69) is 51.8 Å². The fourth-order valence-corrected chi connectivity index (χ4v) is 2.94. The van der Waals surface area contributed by atoms with Crippen LogP contribution in [0.1, 0.15) is 13.8 Å². The highest BCUT2D eigenvalue weighted by Gasteiger charge is 2.09. The smallest absolute Gasteiger partial charge is 0.225 e. The third-order valence-electron chi connectivity index (χ3n) is 3.47. The summed E-state index contributed by atoms with van der Waals surface area (Å²) in [4.78, 5) is 14.6. The van der Waals surface area contributed by atoms with Crippen molar-refractivity contribution < 1.29 is 0 Å². The predicted octanol–water partition coefficient (Wildman–Crippen LogP) is 4.82. The van der Waals surface area contributed by atoms with Gasteiger partial charge in [0.15, 0.2) is 0 Å². The van der Waals surface area contributed by atoms with E-state index in [1.165, 1.54) is 4.90 Å². The van der Waals surface area contributed by atoms with E-state index in [9.17, 15) is 0 Å². The number of thioether (sulfide) groups is 1. The van der Waals surface area contributed by atoms with Crippen LogP contribution in [0.25, 0.3) is 11.3 Å². The van der Waals surface area contributed by atoms with Crippen LogP contribution in [-0.4, -0.2) is 27.2 Å². The Kier molecular flexibility index (Phi) is 5.50. The first kappa shape index (κ1) is 17.2. The molecule has 0 radical (unpaired) electrons. The van der Waals surface area contributed by atoms with Crippen molar-refractivity contribution in [3.63, 3.8) is 0 Å². The molecule has 0 spiro atoms. The maximum atomic E-state index is 4.62. The second-order valence-electron chi connectivity index (χ2n) is 5.83.